The summed E-state index contributed by atoms with van der Waals surface area (Å²) in [5.74, 6) is -1.64. The maximum absolute atomic E-state index is 13.2. The highest BCUT2D eigenvalue weighted by molar-refractivity contribution is 9.10. The Labute approximate surface area is 145 Å². The van der Waals surface area contributed by atoms with E-state index in [1.807, 2.05) is 0 Å². The van der Waals surface area contributed by atoms with Crippen LogP contribution in [0.1, 0.15) is 19.4 Å². The maximum Gasteiger partial charge on any atom is 0.326 e. The smallest absolute Gasteiger partial charge is 0.326 e. The summed E-state index contributed by atoms with van der Waals surface area (Å²) in [7, 11) is 0. The summed E-state index contributed by atoms with van der Waals surface area (Å²) in [6.07, 6.45) is 1.15. The zero-order chi connectivity index (χ0) is 17.1. The van der Waals surface area contributed by atoms with Crippen molar-refractivity contribution in [1.29, 1.82) is 0 Å². The largest absolute Gasteiger partial charge is 0.462 e. The minimum absolute atomic E-state index is 0.172. The second-order valence-corrected chi connectivity index (χ2v) is 6.83. The quantitative estimate of drug-likeness (QED) is 0.569. The molecule has 1 fully saturated rings. The Morgan fingerprint density at radius 3 is 2.74 bits per heavy atom. The lowest BCUT2D eigenvalue weighted by Gasteiger charge is -2.13. The molecule has 1 aliphatic rings. The van der Waals surface area contributed by atoms with Gasteiger partial charge >= 0.3 is 5.97 Å². The van der Waals surface area contributed by atoms with E-state index in [1.165, 1.54) is 24.3 Å². The van der Waals surface area contributed by atoms with E-state index in [4.69, 9.17) is 4.74 Å². The van der Waals surface area contributed by atoms with Crippen molar-refractivity contribution in [2.24, 2.45) is 0 Å². The summed E-state index contributed by atoms with van der Waals surface area (Å²) in [6, 6.07) is 4.23. The predicted octanol–water partition coefficient (Wildman–Crippen LogP) is 3.58. The lowest BCUT2D eigenvalue weighted by atomic mass is 10.2. The van der Waals surface area contributed by atoms with Gasteiger partial charge in [0.05, 0.1) is 15.5 Å². The lowest BCUT2D eigenvalue weighted by Crippen LogP contribution is -2.35. The second kappa shape index (κ2) is 7.27. The van der Waals surface area contributed by atoms with Crippen LogP contribution in [-0.4, -0.2) is 34.7 Å². The van der Waals surface area contributed by atoms with Gasteiger partial charge in [0.15, 0.2) is 0 Å². The molecule has 122 valence electrons. The van der Waals surface area contributed by atoms with Crippen LogP contribution in [0.25, 0.3) is 6.08 Å². The first-order valence-electron chi connectivity index (χ1n) is 6.68. The summed E-state index contributed by atoms with van der Waals surface area (Å²) < 4.78 is 18.4. The third kappa shape index (κ3) is 4.42. The Bertz CT molecular complexity index is 705. The second-order valence-electron chi connectivity index (χ2n) is 4.98. The van der Waals surface area contributed by atoms with Crippen LogP contribution in [0.2, 0.25) is 0 Å². The lowest BCUT2D eigenvalue weighted by molar-refractivity contribution is -0.149. The molecule has 1 aliphatic heterocycles. The van der Waals surface area contributed by atoms with Gasteiger partial charge in [-0.2, -0.15) is 0 Å². The minimum atomic E-state index is -0.645. The average Bonchev–Trinajstić information content (AvgIpc) is 2.70. The van der Waals surface area contributed by atoms with Gasteiger partial charge in [-0.05, 0) is 65.3 Å². The first kappa shape index (κ1) is 17.7. The normalized spacial score (nSPS) is 16.6. The highest BCUT2D eigenvalue weighted by atomic mass is 79.9. The molecule has 1 saturated heterocycles. The Morgan fingerprint density at radius 1 is 1.43 bits per heavy atom. The predicted molar refractivity (Wildman–Crippen MR) is 88.0 cm³/mol. The molecule has 0 unspecified atom stereocenters. The monoisotopic (exact) mass is 401 g/mol. The van der Waals surface area contributed by atoms with Crippen molar-refractivity contribution < 1.29 is 23.5 Å². The van der Waals surface area contributed by atoms with E-state index in [2.05, 4.69) is 15.9 Å². The van der Waals surface area contributed by atoms with Gasteiger partial charge in [0.1, 0.15) is 12.4 Å². The minimum Gasteiger partial charge on any atom is -0.462 e. The molecule has 8 heteroatoms. The Kier molecular flexibility index (Phi) is 5.59. The number of thioether (sulfide) groups is 1. The summed E-state index contributed by atoms with van der Waals surface area (Å²) in [5, 5.41) is -0.539. The number of benzene rings is 1. The van der Waals surface area contributed by atoms with Crippen molar-refractivity contribution >= 4 is 50.9 Å². The van der Waals surface area contributed by atoms with E-state index >= 15 is 0 Å². The summed E-state index contributed by atoms with van der Waals surface area (Å²) in [5.41, 5.74) is 0.563. The van der Waals surface area contributed by atoms with Gasteiger partial charge in [0, 0.05) is 0 Å². The molecular weight excluding hydrogens is 389 g/mol. The zero-order valence-electron chi connectivity index (χ0n) is 12.3. The van der Waals surface area contributed by atoms with Crippen molar-refractivity contribution in [2.45, 2.75) is 20.0 Å². The number of rotatable bonds is 4. The molecule has 2 amide bonds. The summed E-state index contributed by atoms with van der Waals surface area (Å²) in [4.78, 5) is 36.7. The number of halogens is 2. The fourth-order valence-electron chi connectivity index (χ4n) is 1.82. The molecule has 0 aliphatic carbocycles. The molecule has 2 rings (SSSR count). The SMILES string of the molecule is CC(C)OC(=O)CN1C(=O)S/C(=C\c2ccc(F)c(Br)c2)C1=O. The number of hydrogen-bond acceptors (Lipinski definition) is 5. The van der Waals surface area contributed by atoms with E-state index in [-0.39, 0.29) is 15.5 Å². The Hall–Kier alpha value is -1.67. The zero-order valence-corrected chi connectivity index (χ0v) is 14.7. The number of ether oxygens (including phenoxy) is 1. The van der Waals surface area contributed by atoms with Crippen LogP contribution in [0.4, 0.5) is 9.18 Å². The van der Waals surface area contributed by atoms with Gasteiger partial charge in [-0.3, -0.25) is 19.3 Å². The van der Waals surface area contributed by atoms with Gasteiger partial charge in [0.25, 0.3) is 11.1 Å². The van der Waals surface area contributed by atoms with E-state index in [1.54, 1.807) is 13.8 Å². The molecule has 0 aromatic heterocycles. The number of hydrogen-bond donors (Lipinski definition) is 0. The maximum atomic E-state index is 13.2. The number of nitrogens with zero attached hydrogens (tertiary/aromatic N) is 1. The van der Waals surface area contributed by atoms with Crippen LogP contribution in [0.5, 0.6) is 0 Å². The van der Waals surface area contributed by atoms with E-state index in [9.17, 15) is 18.8 Å². The van der Waals surface area contributed by atoms with Crippen molar-refractivity contribution in [2.75, 3.05) is 6.54 Å². The number of esters is 1. The van der Waals surface area contributed by atoms with Gasteiger partial charge in [-0.25, -0.2) is 4.39 Å². The molecular formula is C15H13BrFNO4S. The number of carbonyl (C=O) groups excluding carboxylic acids is 3. The molecule has 1 aromatic rings. The molecule has 0 saturated carbocycles. The first-order valence-corrected chi connectivity index (χ1v) is 8.28. The van der Waals surface area contributed by atoms with Crippen molar-refractivity contribution in [3.8, 4) is 0 Å². The molecule has 0 radical (unpaired) electrons. The third-order valence-electron chi connectivity index (χ3n) is 2.77. The molecule has 0 N–H and O–H groups in total. The van der Waals surface area contributed by atoms with Gasteiger partial charge in [0.2, 0.25) is 0 Å². The van der Waals surface area contributed by atoms with Crippen LogP contribution in [0, 0.1) is 5.82 Å². The molecule has 1 heterocycles. The van der Waals surface area contributed by atoms with Crippen LogP contribution >= 0.6 is 27.7 Å². The van der Waals surface area contributed by atoms with Gasteiger partial charge < -0.3 is 4.74 Å². The highest BCUT2D eigenvalue weighted by Crippen LogP contribution is 2.32. The number of carbonyl (C=O) groups is 3. The van der Waals surface area contributed by atoms with Crippen molar-refractivity contribution in [1.82, 2.24) is 4.90 Å². The van der Waals surface area contributed by atoms with Crippen LogP contribution in [0.15, 0.2) is 27.6 Å². The number of amides is 2. The molecule has 23 heavy (non-hydrogen) atoms. The van der Waals surface area contributed by atoms with E-state index in [0.29, 0.717) is 5.56 Å². The fourth-order valence-corrected chi connectivity index (χ4v) is 3.05. The summed E-state index contributed by atoms with van der Waals surface area (Å²) in [6.45, 7) is 2.93. The molecule has 5 nitrogen and oxygen atoms in total. The third-order valence-corrected chi connectivity index (χ3v) is 4.28. The van der Waals surface area contributed by atoms with Crippen LogP contribution < -0.4 is 0 Å². The first-order chi connectivity index (χ1) is 10.8. The molecule has 1 aromatic carbocycles. The van der Waals surface area contributed by atoms with E-state index in [0.717, 1.165) is 16.7 Å². The molecule has 0 atom stereocenters. The Morgan fingerprint density at radius 2 is 2.13 bits per heavy atom. The topological polar surface area (TPSA) is 63.7 Å². The molecule has 0 bridgehead atoms. The van der Waals surface area contributed by atoms with Gasteiger partial charge in [-0.1, -0.05) is 6.07 Å². The standard InChI is InChI=1S/C15H13BrFNO4S/c1-8(2)22-13(19)7-18-14(20)12(23-15(18)21)6-9-3-4-11(17)10(16)5-9/h3-6,8H,7H2,1-2H3/b12-6-. The Balaban J connectivity index is 2.15. The van der Waals surface area contributed by atoms with Crippen LogP contribution in [0.3, 0.4) is 0 Å². The fraction of sp³-hybridized carbons (Fsp3) is 0.267. The molecule has 0 spiro atoms. The van der Waals surface area contributed by atoms with Crippen molar-refractivity contribution in [3.63, 3.8) is 0 Å². The highest BCUT2D eigenvalue weighted by Gasteiger charge is 2.36. The van der Waals surface area contributed by atoms with Crippen molar-refractivity contribution in [3.05, 3.63) is 39.0 Å². The average molecular weight is 402 g/mol. The number of imide groups is 1. The van der Waals surface area contributed by atoms with Gasteiger partial charge in [-0.15, -0.1) is 0 Å². The van der Waals surface area contributed by atoms with E-state index < -0.39 is 29.5 Å². The summed E-state index contributed by atoms with van der Waals surface area (Å²) >= 11 is 3.78. The van der Waals surface area contributed by atoms with Crippen LogP contribution in [-0.2, 0) is 14.3 Å².